The van der Waals surface area contributed by atoms with Crippen molar-refractivity contribution in [2.45, 2.75) is 12.5 Å². The van der Waals surface area contributed by atoms with Crippen LogP contribution in [0.2, 0.25) is 0 Å². The third kappa shape index (κ3) is 5.14. The first-order valence-corrected chi connectivity index (χ1v) is 8.14. The van der Waals surface area contributed by atoms with Gasteiger partial charge in [0, 0.05) is 30.5 Å². The Bertz CT molecular complexity index is 595. The molecule has 5 nitrogen and oxygen atoms in total. The van der Waals surface area contributed by atoms with Gasteiger partial charge in [-0.1, -0.05) is 0 Å². The number of benzene rings is 1. The van der Waals surface area contributed by atoms with E-state index in [0.717, 1.165) is 24.1 Å². The molecule has 1 aromatic rings. The maximum atomic E-state index is 13.4. The molecule has 0 saturated carbocycles. The van der Waals surface area contributed by atoms with Gasteiger partial charge >= 0.3 is 0 Å². The van der Waals surface area contributed by atoms with E-state index in [1.165, 1.54) is 0 Å². The lowest BCUT2D eigenvalue weighted by molar-refractivity contribution is -0.124. The minimum Gasteiger partial charge on any atom is -0.347 e. The minimum absolute atomic E-state index is 0.0560. The summed E-state index contributed by atoms with van der Waals surface area (Å²) in [5.74, 6) is -3.70. The molecule has 1 unspecified atom stereocenters. The number of rotatable bonds is 5. The lowest BCUT2D eigenvalue weighted by atomic mass is 10.2. The molecule has 1 aromatic carbocycles. The summed E-state index contributed by atoms with van der Waals surface area (Å²) in [4.78, 5) is 23.3. The monoisotopic (exact) mass is 347 g/mol. The molecule has 1 aliphatic heterocycles. The van der Waals surface area contributed by atoms with Crippen molar-refractivity contribution < 1.29 is 22.8 Å². The summed E-state index contributed by atoms with van der Waals surface area (Å²) < 4.78 is 39.2. The highest BCUT2D eigenvalue weighted by Crippen LogP contribution is 2.19. The Kier molecular flexibility index (Phi) is 6.28. The Hall–Kier alpha value is -1.74. The van der Waals surface area contributed by atoms with Gasteiger partial charge in [-0.15, -0.1) is 0 Å². The predicted molar refractivity (Wildman–Crippen MR) is 81.7 cm³/mol. The number of amides is 2. The molecular weight excluding hydrogens is 331 g/mol. The van der Waals surface area contributed by atoms with E-state index in [4.69, 9.17) is 0 Å². The van der Waals surface area contributed by atoms with Gasteiger partial charge in [0.1, 0.15) is 0 Å². The number of anilines is 1. The molecule has 1 fully saturated rings. The van der Waals surface area contributed by atoms with Gasteiger partial charge in [-0.2, -0.15) is 11.8 Å². The molecule has 1 saturated heterocycles. The number of carbonyl (C=O) groups is 2. The molecule has 1 aliphatic rings. The summed E-state index contributed by atoms with van der Waals surface area (Å²) in [6.45, 7) is 0.454. The molecule has 0 radical (unpaired) electrons. The third-order valence-electron chi connectivity index (χ3n) is 3.19. The molecule has 0 spiro atoms. The number of nitrogens with one attached hydrogen (secondary N) is 3. The summed E-state index contributed by atoms with van der Waals surface area (Å²) in [6, 6.07) is 1.68. The number of hydrogen-bond acceptors (Lipinski definition) is 4. The molecule has 1 atom stereocenters. The molecule has 0 aliphatic carbocycles. The normalized spacial score (nSPS) is 17.6. The zero-order chi connectivity index (χ0) is 16.8. The van der Waals surface area contributed by atoms with Gasteiger partial charge < -0.3 is 16.0 Å². The Labute approximate surface area is 135 Å². The van der Waals surface area contributed by atoms with Gasteiger partial charge in [-0.05, 0) is 12.1 Å². The predicted octanol–water partition coefficient (Wildman–Crippen LogP) is 1.25. The fraction of sp³-hybridized carbons (Fsp3) is 0.429. The molecular formula is C14H16F3N3O2S. The van der Waals surface area contributed by atoms with Crippen LogP contribution in [0.5, 0.6) is 0 Å². The molecule has 3 N–H and O–H groups in total. The minimum atomic E-state index is -1.66. The highest BCUT2D eigenvalue weighted by molar-refractivity contribution is 7.99. The summed E-state index contributed by atoms with van der Waals surface area (Å²) in [7, 11) is 0. The van der Waals surface area contributed by atoms with Crippen LogP contribution < -0.4 is 16.0 Å². The van der Waals surface area contributed by atoms with Gasteiger partial charge in [-0.3, -0.25) is 9.59 Å². The van der Waals surface area contributed by atoms with Crippen LogP contribution >= 0.6 is 11.8 Å². The molecule has 2 amide bonds. The lowest BCUT2D eigenvalue weighted by Gasteiger charge is -2.22. The largest absolute Gasteiger partial charge is 0.347 e. The Morgan fingerprint density at radius 1 is 1.22 bits per heavy atom. The van der Waals surface area contributed by atoms with Gasteiger partial charge in [0.25, 0.3) is 0 Å². The summed E-state index contributed by atoms with van der Waals surface area (Å²) in [6.07, 6.45) is 0.236. The average Bonchev–Trinajstić information content (AvgIpc) is 2.54. The van der Waals surface area contributed by atoms with Crippen LogP contribution in [0.3, 0.4) is 0 Å². The molecule has 9 heteroatoms. The SMILES string of the molecule is O=C(CC1CSCCN1)NCC(=O)Nc1ccc(F)c(F)c1F. The first-order valence-electron chi connectivity index (χ1n) is 6.98. The Morgan fingerprint density at radius 2 is 2.00 bits per heavy atom. The van der Waals surface area contributed by atoms with E-state index in [1.807, 2.05) is 0 Å². The van der Waals surface area contributed by atoms with Crippen LogP contribution in [0.1, 0.15) is 6.42 Å². The first kappa shape index (κ1) is 17.6. The van der Waals surface area contributed by atoms with Crippen LogP contribution in [-0.4, -0.2) is 42.5 Å². The van der Waals surface area contributed by atoms with E-state index in [9.17, 15) is 22.8 Å². The Morgan fingerprint density at radius 3 is 2.70 bits per heavy atom. The first-order chi connectivity index (χ1) is 11.0. The van der Waals surface area contributed by atoms with Crippen molar-refractivity contribution in [2.75, 3.05) is 29.9 Å². The van der Waals surface area contributed by atoms with Crippen molar-refractivity contribution in [1.82, 2.24) is 10.6 Å². The van der Waals surface area contributed by atoms with Crippen LogP contribution in [0.15, 0.2) is 12.1 Å². The molecule has 0 aromatic heterocycles. The van der Waals surface area contributed by atoms with Crippen LogP contribution in [0.25, 0.3) is 0 Å². The van der Waals surface area contributed by atoms with E-state index >= 15 is 0 Å². The van der Waals surface area contributed by atoms with Gasteiger partial charge in [0.15, 0.2) is 17.5 Å². The van der Waals surface area contributed by atoms with Crippen molar-refractivity contribution in [3.63, 3.8) is 0 Å². The number of carbonyl (C=O) groups excluding carboxylic acids is 2. The zero-order valence-electron chi connectivity index (χ0n) is 12.1. The standard InChI is InChI=1S/C14H16F3N3O2S/c15-9-1-2-10(14(17)13(9)16)20-12(22)6-19-11(21)5-8-7-23-4-3-18-8/h1-2,8,18H,3-7H2,(H,19,21)(H,20,22). The van der Waals surface area contributed by atoms with E-state index < -0.39 is 29.0 Å². The smallest absolute Gasteiger partial charge is 0.243 e. The molecule has 1 heterocycles. The lowest BCUT2D eigenvalue weighted by Crippen LogP contribution is -2.42. The second-order valence-corrected chi connectivity index (χ2v) is 6.13. The van der Waals surface area contributed by atoms with Crippen molar-refractivity contribution in [1.29, 1.82) is 0 Å². The number of halogens is 3. The van der Waals surface area contributed by atoms with Crippen LogP contribution in [0.4, 0.5) is 18.9 Å². The topological polar surface area (TPSA) is 70.2 Å². The summed E-state index contributed by atoms with van der Waals surface area (Å²) >= 11 is 1.75. The summed E-state index contributed by atoms with van der Waals surface area (Å²) in [5, 5.41) is 7.67. The molecule has 23 heavy (non-hydrogen) atoms. The maximum Gasteiger partial charge on any atom is 0.243 e. The number of thioether (sulfide) groups is 1. The fourth-order valence-corrected chi connectivity index (χ4v) is 2.99. The quantitative estimate of drug-likeness (QED) is 0.702. The van der Waals surface area contributed by atoms with E-state index in [0.29, 0.717) is 6.07 Å². The summed E-state index contributed by atoms with van der Waals surface area (Å²) in [5.41, 5.74) is -0.478. The second kappa shape index (κ2) is 8.21. The van der Waals surface area contributed by atoms with Crippen molar-refractivity contribution in [3.05, 3.63) is 29.6 Å². The van der Waals surface area contributed by atoms with Crippen molar-refractivity contribution in [2.24, 2.45) is 0 Å². The zero-order valence-corrected chi connectivity index (χ0v) is 12.9. The third-order valence-corrected chi connectivity index (χ3v) is 4.32. The second-order valence-electron chi connectivity index (χ2n) is 4.98. The highest BCUT2D eigenvalue weighted by atomic mass is 32.2. The van der Waals surface area contributed by atoms with Gasteiger partial charge in [-0.25, -0.2) is 13.2 Å². The molecule has 0 bridgehead atoms. The van der Waals surface area contributed by atoms with E-state index in [2.05, 4.69) is 16.0 Å². The number of hydrogen-bond donors (Lipinski definition) is 3. The van der Waals surface area contributed by atoms with E-state index in [1.54, 1.807) is 11.8 Å². The van der Waals surface area contributed by atoms with Crippen molar-refractivity contribution in [3.8, 4) is 0 Å². The van der Waals surface area contributed by atoms with E-state index in [-0.39, 0.29) is 24.9 Å². The fourth-order valence-electron chi connectivity index (χ4n) is 2.04. The molecule has 2 rings (SSSR count). The van der Waals surface area contributed by atoms with Gasteiger partial charge in [0.05, 0.1) is 12.2 Å². The maximum absolute atomic E-state index is 13.4. The Balaban J connectivity index is 1.78. The highest BCUT2D eigenvalue weighted by Gasteiger charge is 2.18. The van der Waals surface area contributed by atoms with Crippen molar-refractivity contribution >= 4 is 29.3 Å². The average molecular weight is 347 g/mol. The van der Waals surface area contributed by atoms with Gasteiger partial charge in [0.2, 0.25) is 11.8 Å². The van der Waals surface area contributed by atoms with Crippen LogP contribution in [-0.2, 0) is 9.59 Å². The molecule has 126 valence electrons. The van der Waals surface area contributed by atoms with Crippen LogP contribution in [0, 0.1) is 17.5 Å².